The van der Waals surface area contributed by atoms with Gasteiger partial charge in [0.2, 0.25) is 0 Å². The molecule has 0 aromatic heterocycles. The van der Waals surface area contributed by atoms with Gasteiger partial charge in [0, 0.05) is 32.8 Å². The number of ether oxygens (including phenoxy) is 3. The van der Waals surface area contributed by atoms with Gasteiger partial charge in [0.05, 0.1) is 25.9 Å². The predicted molar refractivity (Wildman–Crippen MR) is 136 cm³/mol. The SMILES string of the molecule is CCNC(=NCc1ccc(OCCCN(C)C)cc1)N1CCOC(C2CCCO2)C1.I. The second-order valence-corrected chi connectivity index (χ2v) is 8.23. The summed E-state index contributed by atoms with van der Waals surface area (Å²) in [6, 6.07) is 8.27. The fourth-order valence-electron chi connectivity index (χ4n) is 3.84. The topological polar surface area (TPSA) is 58.6 Å². The van der Waals surface area contributed by atoms with E-state index in [2.05, 4.69) is 48.3 Å². The molecule has 1 aromatic rings. The van der Waals surface area contributed by atoms with E-state index >= 15 is 0 Å². The van der Waals surface area contributed by atoms with Crippen molar-refractivity contribution < 1.29 is 14.2 Å². The van der Waals surface area contributed by atoms with Crippen molar-refractivity contribution in [3.05, 3.63) is 29.8 Å². The molecule has 0 radical (unpaired) electrons. The van der Waals surface area contributed by atoms with Crippen LogP contribution in [0.15, 0.2) is 29.3 Å². The summed E-state index contributed by atoms with van der Waals surface area (Å²) < 4.78 is 17.6. The van der Waals surface area contributed by atoms with E-state index in [0.29, 0.717) is 6.54 Å². The van der Waals surface area contributed by atoms with E-state index in [1.54, 1.807) is 0 Å². The Kier molecular flexibility index (Phi) is 11.9. The molecule has 0 saturated carbocycles. The van der Waals surface area contributed by atoms with Gasteiger partial charge in [0.25, 0.3) is 0 Å². The van der Waals surface area contributed by atoms with Gasteiger partial charge in [-0.25, -0.2) is 4.99 Å². The van der Waals surface area contributed by atoms with Crippen LogP contribution >= 0.6 is 24.0 Å². The van der Waals surface area contributed by atoms with Crippen molar-refractivity contribution in [1.82, 2.24) is 15.1 Å². The zero-order valence-corrected chi connectivity index (χ0v) is 21.5. The van der Waals surface area contributed by atoms with Crippen LogP contribution in [0.1, 0.15) is 31.7 Å². The van der Waals surface area contributed by atoms with Gasteiger partial charge in [0.15, 0.2) is 5.96 Å². The predicted octanol–water partition coefficient (Wildman–Crippen LogP) is 2.98. The summed E-state index contributed by atoms with van der Waals surface area (Å²) in [6.07, 6.45) is 3.61. The standard InChI is InChI=1S/C23H38N4O3.HI/c1-4-24-23(27-13-16-30-22(18-27)21-7-5-14-29-21)25-17-19-8-10-20(11-9-19)28-15-6-12-26(2)3;/h8-11,21-22H,4-7,12-18H2,1-3H3,(H,24,25);1H. The fourth-order valence-corrected chi connectivity index (χ4v) is 3.84. The highest BCUT2D eigenvalue weighted by atomic mass is 127. The van der Waals surface area contributed by atoms with Gasteiger partial charge in [0.1, 0.15) is 11.9 Å². The lowest BCUT2D eigenvalue weighted by molar-refractivity contribution is -0.0817. The molecule has 2 heterocycles. The van der Waals surface area contributed by atoms with Crippen LogP contribution in [-0.4, -0.2) is 88.1 Å². The van der Waals surface area contributed by atoms with Gasteiger partial charge in [-0.05, 0) is 58.0 Å². The Labute approximate surface area is 204 Å². The normalized spacial score (nSPS) is 21.8. The van der Waals surface area contributed by atoms with Crippen molar-refractivity contribution in [1.29, 1.82) is 0 Å². The van der Waals surface area contributed by atoms with Crippen LogP contribution in [0.2, 0.25) is 0 Å². The van der Waals surface area contributed by atoms with Crippen molar-refractivity contribution in [2.24, 2.45) is 4.99 Å². The number of halogens is 1. The molecule has 2 fully saturated rings. The molecule has 3 rings (SSSR count). The van der Waals surface area contributed by atoms with E-state index in [1.807, 2.05) is 12.1 Å². The summed E-state index contributed by atoms with van der Waals surface area (Å²) in [4.78, 5) is 9.36. The smallest absolute Gasteiger partial charge is 0.194 e. The molecule has 2 atom stereocenters. The highest BCUT2D eigenvalue weighted by Crippen LogP contribution is 2.21. The minimum atomic E-state index is 0. The quantitative estimate of drug-likeness (QED) is 0.223. The number of hydrogen-bond acceptors (Lipinski definition) is 5. The van der Waals surface area contributed by atoms with E-state index in [9.17, 15) is 0 Å². The maximum Gasteiger partial charge on any atom is 0.194 e. The first-order valence-electron chi connectivity index (χ1n) is 11.3. The Morgan fingerprint density at radius 2 is 1.97 bits per heavy atom. The molecule has 0 spiro atoms. The molecule has 2 unspecified atom stereocenters. The van der Waals surface area contributed by atoms with Crippen molar-refractivity contribution in [3.63, 3.8) is 0 Å². The zero-order valence-electron chi connectivity index (χ0n) is 19.2. The molecule has 31 heavy (non-hydrogen) atoms. The molecule has 2 saturated heterocycles. The lowest BCUT2D eigenvalue weighted by atomic mass is 10.1. The first-order chi connectivity index (χ1) is 14.7. The third-order valence-electron chi connectivity index (χ3n) is 5.46. The molecule has 0 amide bonds. The van der Waals surface area contributed by atoms with Crippen LogP contribution in [0.25, 0.3) is 0 Å². The molecular weight excluding hydrogens is 507 g/mol. The number of aliphatic imine (C=N–C) groups is 1. The highest BCUT2D eigenvalue weighted by Gasteiger charge is 2.32. The average Bonchev–Trinajstić information content (AvgIpc) is 3.30. The van der Waals surface area contributed by atoms with Gasteiger partial charge in [-0.3, -0.25) is 0 Å². The Bertz CT molecular complexity index is 651. The van der Waals surface area contributed by atoms with Crippen LogP contribution in [0.4, 0.5) is 0 Å². The fraction of sp³-hybridized carbons (Fsp3) is 0.696. The van der Waals surface area contributed by atoms with E-state index in [0.717, 1.165) is 77.0 Å². The summed E-state index contributed by atoms with van der Waals surface area (Å²) in [5.41, 5.74) is 1.18. The number of guanidine groups is 1. The Morgan fingerprint density at radius 1 is 1.19 bits per heavy atom. The summed E-state index contributed by atoms with van der Waals surface area (Å²) in [7, 11) is 4.16. The summed E-state index contributed by atoms with van der Waals surface area (Å²) in [6.45, 7) is 8.63. The van der Waals surface area contributed by atoms with Gasteiger partial charge in [-0.1, -0.05) is 12.1 Å². The molecule has 7 nitrogen and oxygen atoms in total. The molecule has 0 aliphatic carbocycles. The number of rotatable bonds is 9. The number of morpholine rings is 1. The van der Waals surface area contributed by atoms with Crippen LogP contribution < -0.4 is 10.1 Å². The molecule has 1 N–H and O–H groups in total. The third-order valence-corrected chi connectivity index (χ3v) is 5.46. The summed E-state index contributed by atoms with van der Waals surface area (Å²) >= 11 is 0. The molecule has 1 aromatic carbocycles. The Balaban J connectivity index is 0.00000341. The van der Waals surface area contributed by atoms with E-state index in [1.165, 1.54) is 5.56 Å². The first kappa shape index (κ1) is 26.2. The van der Waals surface area contributed by atoms with E-state index in [4.69, 9.17) is 19.2 Å². The summed E-state index contributed by atoms with van der Waals surface area (Å²) in [5.74, 6) is 1.87. The Morgan fingerprint density at radius 3 is 2.65 bits per heavy atom. The van der Waals surface area contributed by atoms with Gasteiger partial charge >= 0.3 is 0 Å². The van der Waals surface area contributed by atoms with E-state index < -0.39 is 0 Å². The lowest BCUT2D eigenvalue weighted by Crippen LogP contribution is -2.53. The lowest BCUT2D eigenvalue weighted by Gasteiger charge is -2.37. The third kappa shape index (κ3) is 8.75. The molecule has 2 aliphatic heterocycles. The second-order valence-electron chi connectivity index (χ2n) is 8.23. The monoisotopic (exact) mass is 546 g/mol. The average molecular weight is 546 g/mol. The van der Waals surface area contributed by atoms with E-state index in [-0.39, 0.29) is 36.2 Å². The van der Waals surface area contributed by atoms with Crippen molar-refractivity contribution >= 4 is 29.9 Å². The molecular formula is C23H39IN4O3. The van der Waals surface area contributed by atoms with Gasteiger partial charge < -0.3 is 29.3 Å². The number of nitrogens with one attached hydrogen (secondary N) is 1. The van der Waals surface area contributed by atoms with Crippen LogP contribution in [0.5, 0.6) is 5.75 Å². The van der Waals surface area contributed by atoms with Crippen molar-refractivity contribution in [2.45, 2.75) is 44.9 Å². The molecule has 2 aliphatic rings. The van der Waals surface area contributed by atoms with Crippen molar-refractivity contribution in [2.75, 3.05) is 60.1 Å². The Hall–Kier alpha value is -1.10. The maximum atomic E-state index is 5.98. The minimum absolute atomic E-state index is 0. The second kappa shape index (κ2) is 14.1. The maximum absolute atomic E-state index is 5.98. The number of benzene rings is 1. The number of hydrogen-bond donors (Lipinski definition) is 1. The number of nitrogens with zero attached hydrogens (tertiary/aromatic N) is 3. The first-order valence-corrected chi connectivity index (χ1v) is 11.3. The molecule has 176 valence electrons. The largest absolute Gasteiger partial charge is 0.494 e. The molecule has 8 heteroatoms. The van der Waals surface area contributed by atoms with Crippen LogP contribution in [0.3, 0.4) is 0 Å². The van der Waals surface area contributed by atoms with Gasteiger partial charge in [-0.2, -0.15) is 0 Å². The summed E-state index contributed by atoms with van der Waals surface area (Å²) in [5, 5.41) is 3.44. The van der Waals surface area contributed by atoms with Gasteiger partial charge in [-0.15, -0.1) is 24.0 Å². The van der Waals surface area contributed by atoms with Crippen LogP contribution in [-0.2, 0) is 16.0 Å². The van der Waals surface area contributed by atoms with Crippen molar-refractivity contribution in [3.8, 4) is 5.75 Å². The minimum Gasteiger partial charge on any atom is -0.494 e. The van der Waals surface area contributed by atoms with Crippen LogP contribution in [0, 0.1) is 0 Å². The highest BCUT2D eigenvalue weighted by molar-refractivity contribution is 14.0. The molecule has 0 bridgehead atoms. The zero-order chi connectivity index (χ0) is 21.2.